The van der Waals surface area contributed by atoms with E-state index in [1.165, 1.54) is 0 Å². The SMILES string of the molecule is Cc1noc(C)c1CN1C(=O)C(=Nc2ccc(Cl)c(Cl)c2)c2ccccc21. The van der Waals surface area contributed by atoms with Crippen LogP contribution in [0.2, 0.25) is 10.0 Å². The van der Waals surface area contributed by atoms with Gasteiger partial charge in [-0.1, -0.05) is 46.6 Å². The van der Waals surface area contributed by atoms with Gasteiger partial charge in [0, 0.05) is 11.1 Å². The Morgan fingerprint density at radius 1 is 1.11 bits per heavy atom. The fourth-order valence-corrected chi connectivity index (χ4v) is 3.39. The molecular weight excluding hydrogens is 385 g/mol. The molecule has 0 radical (unpaired) electrons. The van der Waals surface area contributed by atoms with Crippen molar-refractivity contribution in [3.63, 3.8) is 0 Å². The van der Waals surface area contributed by atoms with Gasteiger partial charge in [0.05, 0.1) is 33.7 Å². The van der Waals surface area contributed by atoms with Crippen LogP contribution in [0.15, 0.2) is 52.0 Å². The third kappa shape index (κ3) is 3.13. The molecule has 0 unspecified atom stereocenters. The van der Waals surface area contributed by atoms with Gasteiger partial charge in [-0.2, -0.15) is 0 Å². The van der Waals surface area contributed by atoms with E-state index in [1.807, 2.05) is 38.1 Å². The van der Waals surface area contributed by atoms with Crippen molar-refractivity contribution >= 4 is 46.2 Å². The lowest BCUT2D eigenvalue weighted by Crippen LogP contribution is -2.29. The minimum absolute atomic E-state index is 0.178. The van der Waals surface area contributed by atoms with E-state index < -0.39 is 0 Å². The third-order valence-corrected chi connectivity index (χ3v) is 5.28. The van der Waals surface area contributed by atoms with E-state index in [2.05, 4.69) is 10.1 Å². The second-order valence-electron chi connectivity index (χ2n) is 6.27. The minimum atomic E-state index is -0.178. The van der Waals surface area contributed by atoms with Gasteiger partial charge in [0.2, 0.25) is 0 Å². The van der Waals surface area contributed by atoms with E-state index in [0.717, 1.165) is 22.5 Å². The second kappa shape index (κ2) is 6.83. The third-order valence-electron chi connectivity index (χ3n) is 4.54. The second-order valence-corrected chi connectivity index (χ2v) is 7.08. The lowest BCUT2D eigenvalue weighted by atomic mass is 10.1. The lowest BCUT2D eigenvalue weighted by Gasteiger charge is -2.16. The molecule has 0 N–H and O–H groups in total. The number of nitrogens with zero attached hydrogens (tertiary/aromatic N) is 3. The molecule has 0 saturated heterocycles. The summed E-state index contributed by atoms with van der Waals surface area (Å²) in [5.74, 6) is 0.523. The number of aromatic nitrogens is 1. The van der Waals surface area contributed by atoms with Crippen molar-refractivity contribution in [2.45, 2.75) is 20.4 Å². The summed E-state index contributed by atoms with van der Waals surface area (Å²) in [7, 11) is 0. The molecule has 2 aromatic carbocycles. The summed E-state index contributed by atoms with van der Waals surface area (Å²) in [6.07, 6.45) is 0. The molecule has 1 aliphatic heterocycles. The number of rotatable bonds is 3. The van der Waals surface area contributed by atoms with Gasteiger partial charge >= 0.3 is 0 Å². The Bertz CT molecular complexity index is 1070. The molecule has 0 fully saturated rings. The number of carbonyl (C=O) groups is 1. The summed E-state index contributed by atoms with van der Waals surface area (Å²) in [6.45, 7) is 4.08. The van der Waals surface area contributed by atoms with Gasteiger partial charge in [0.25, 0.3) is 5.91 Å². The standard InChI is InChI=1S/C20H15Cl2N3O2/c1-11-15(12(2)27-24-11)10-25-18-6-4-3-5-14(18)19(20(25)26)23-13-7-8-16(21)17(22)9-13/h3-9H,10H2,1-2H3. The number of hydrogen-bond acceptors (Lipinski definition) is 4. The molecule has 27 heavy (non-hydrogen) atoms. The first-order valence-corrected chi connectivity index (χ1v) is 9.08. The van der Waals surface area contributed by atoms with Crippen LogP contribution in [0.3, 0.4) is 0 Å². The monoisotopic (exact) mass is 399 g/mol. The summed E-state index contributed by atoms with van der Waals surface area (Å²) in [5.41, 5.74) is 4.20. The smallest absolute Gasteiger partial charge is 0.277 e. The van der Waals surface area contributed by atoms with Gasteiger partial charge in [-0.3, -0.25) is 4.79 Å². The number of hydrogen-bond donors (Lipinski definition) is 0. The number of aliphatic imine (C=N–C) groups is 1. The van der Waals surface area contributed by atoms with Crippen LogP contribution < -0.4 is 4.90 Å². The Hall–Kier alpha value is -2.63. The maximum atomic E-state index is 13.2. The highest BCUT2D eigenvalue weighted by atomic mass is 35.5. The minimum Gasteiger partial charge on any atom is -0.361 e. The van der Waals surface area contributed by atoms with Crippen molar-refractivity contribution in [2.24, 2.45) is 4.99 Å². The molecule has 3 aromatic rings. The molecular formula is C20H15Cl2N3O2. The normalized spacial score (nSPS) is 14.9. The average molecular weight is 400 g/mol. The Morgan fingerprint density at radius 2 is 1.89 bits per heavy atom. The lowest BCUT2D eigenvalue weighted by molar-refractivity contribution is -0.112. The van der Waals surface area contributed by atoms with Crippen LogP contribution in [0, 0.1) is 13.8 Å². The molecule has 0 saturated carbocycles. The summed E-state index contributed by atoms with van der Waals surface area (Å²) >= 11 is 12.0. The van der Waals surface area contributed by atoms with Crippen LogP contribution >= 0.6 is 23.2 Å². The van der Waals surface area contributed by atoms with Crippen LogP contribution in [0.5, 0.6) is 0 Å². The summed E-state index contributed by atoms with van der Waals surface area (Å²) in [4.78, 5) is 19.4. The number of anilines is 1. The first-order valence-electron chi connectivity index (χ1n) is 8.32. The average Bonchev–Trinajstić information content (AvgIpc) is 3.11. The predicted molar refractivity (Wildman–Crippen MR) is 106 cm³/mol. The molecule has 0 aliphatic carbocycles. The van der Waals surface area contributed by atoms with Gasteiger partial charge in [-0.25, -0.2) is 4.99 Å². The highest BCUT2D eigenvalue weighted by Crippen LogP contribution is 2.34. The first kappa shape index (κ1) is 17.8. The number of carbonyl (C=O) groups excluding carboxylic acids is 1. The van der Waals surface area contributed by atoms with E-state index in [-0.39, 0.29) is 5.91 Å². The molecule has 1 aromatic heterocycles. The van der Waals surface area contributed by atoms with Gasteiger partial charge in [0.15, 0.2) is 0 Å². The predicted octanol–water partition coefficient (Wildman–Crippen LogP) is 5.27. The van der Waals surface area contributed by atoms with Crippen molar-refractivity contribution < 1.29 is 9.32 Å². The Morgan fingerprint density at radius 3 is 2.59 bits per heavy atom. The summed E-state index contributed by atoms with van der Waals surface area (Å²) < 4.78 is 5.23. The molecule has 0 atom stereocenters. The highest BCUT2D eigenvalue weighted by molar-refractivity contribution is 6.54. The summed E-state index contributed by atoms with van der Waals surface area (Å²) in [5, 5.41) is 4.81. The van der Waals surface area contributed by atoms with E-state index in [9.17, 15) is 4.79 Å². The molecule has 2 heterocycles. The largest absolute Gasteiger partial charge is 0.361 e. The van der Waals surface area contributed by atoms with Crippen LogP contribution in [-0.4, -0.2) is 16.8 Å². The van der Waals surface area contributed by atoms with E-state index in [4.69, 9.17) is 27.7 Å². The van der Waals surface area contributed by atoms with Gasteiger partial charge in [-0.15, -0.1) is 0 Å². The molecule has 1 amide bonds. The van der Waals surface area contributed by atoms with E-state index >= 15 is 0 Å². The Labute approximate surface area is 166 Å². The van der Waals surface area contributed by atoms with Crippen molar-refractivity contribution in [3.8, 4) is 0 Å². The quantitative estimate of drug-likeness (QED) is 0.602. The molecule has 0 bridgehead atoms. The van der Waals surface area contributed by atoms with Gasteiger partial charge in [-0.05, 0) is 38.1 Å². The van der Waals surface area contributed by atoms with Gasteiger partial charge < -0.3 is 9.42 Å². The molecule has 4 rings (SSSR count). The molecule has 7 heteroatoms. The number of para-hydroxylation sites is 1. The molecule has 1 aliphatic rings. The van der Waals surface area contributed by atoms with Crippen LogP contribution in [0.1, 0.15) is 22.6 Å². The first-order chi connectivity index (χ1) is 13.0. The number of benzene rings is 2. The van der Waals surface area contributed by atoms with Crippen molar-refractivity contribution in [1.82, 2.24) is 5.16 Å². The van der Waals surface area contributed by atoms with E-state index in [0.29, 0.717) is 33.7 Å². The molecule has 0 spiro atoms. The number of aryl methyl sites for hydroxylation is 2. The highest BCUT2D eigenvalue weighted by Gasteiger charge is 2.34. The van der Waals surface area contributed by atoms with Crippen molar-refractivity contribution in [1.29, 1.82) is 0 Å². The fourth-order valence-electron chi connectivity index (χ4n) is 3.10. The zero-order chi connectivity index (χ0) is 19.1. The van der Waals surface area contributed by atoms with Crippen molar-refractivity contribution in [3.05, 3.63) is 75.1 Å². The summed E-state index contributed by atoms with van der Waals surface area (Å²) in [6, 6.07) is 12.6. The molecule has 136 valence electrons. The van der Waals surface area contributed by atoms with E-state index in [1.54, 1.807) is 23.1 Å². The maximum Gasteiger partial charge on any atom is 0.277 e. The topological polar surface area (TPSA) is 58.7 Å². The molecule has 5 nitrogen and oxygen atoms in total. The maximum absolute atomic E-state index is 13.2. The zero-order valence-electron chi connectivity index (χ0n) is 14.7. The van der Waals surface area contributed by atoms with Gasteiger partial charge in [0.1, 0.15) is 11.5 Å². The fraction of sp³-hybridized carbons (Fsp3) is 0.150. The number of fused-ring (bicyclic) bond motifs is 1. The zero-order valence-corrected chi connectivity index (χ0v) is 16.2. The number of halogens is 2. The van der Waals surface area contributed by atoms with Crippen LogP contribution in [0.25, 0.3) is 0 Å². The number of amides is 1. The van der Waals surface area contributed by atoms with Crippen LogP contribution in [-0.2, 0) is 11.3 Å². The van der Waals surface area contributed by atoms with Crippen molar-refractivity contribution in [2.75, 3.05) is 4.90 Å². The van der Waals surface area contributed by atoms with Crippen LogP contribution in [0.4, 0.5) is 11.4 Å². The Kier molecular flexibility index (Phi) is 4.50. The Balaban J connectivity index is 1.77.